The van der Waals surface area contributed by atoms with Crippen LogP contribution < -0.4 is 5.32 Å². The second-order valence-electron chi connectivity index (χ2n) is 5.83. The lowest BCUT2D eigenvalue weighted by Crippen LogP contribution is -2.51. The first kappa shape index (κ1) is 10.5. The van der Waals surface area contributed by atoms with E-state index in [0.717, 1.165) is 29.8 Å². The molecule has 0 aromatic rings. The van der Waals surface area contributed by atoms with Crippen LogP contribution in [-0.2, 0) is 0 Å². The lowest BCUT2D eigenvalue weighted by Gasteiger charge is -2.42. The molecule has 1 nitrogen and oxygen atoms in total. The maximum Gasteiger partial charge on any atom is 0.00979 e. The molecule has 0 aromatic carbocycles. The quantitative estimate of drug-likeness (QED) is 0.713. The molecule has 2 fully saturated rings. The third kappa shape index (κ3) is 2.13. The van der Waals surface area contributed by atoms with Crippen LogP contribution in [0.25, 0.3) is 0 Å². The van der Waals surface area contributed by atoms with Crippen LogP contribution in [0.1, 0.15) is 52.9 Å². The lowest BCUT2D eigenvalue weighted by atomic mass is 9.76. The molecule has 0 spiro atoms. The molecule has 14 heavy (non-hydrogen) atoms. The Morgan fingerprint density at radius 2 is 1.43 bits per heavy atom. The van der Waals surface area contributed by atoms with Crippen LogP contribution in [0, 0.1) is 17.8 Å². The van der Waals surface area contributed by atoms with E-state index < -0.39 is 0 Å². The summed E-state index contributed by atoms with van der Waals surface area (Å²) in [5.41, 5.74) is 0. The molecule has 2 rings (SSSR count). The second kappa shape index (κ2) is 4.22. The largest absolute Gasteiger partial charge is 0.311 e. The molecule has 82 valence electrons. The van der Waals surface area contributed by atoms with Gasteiger partial charge in [0.05, 0.1) is 0 Å². The second-order valence-corrected chi connectivity index (χ2v) is 5.83. The molecule has 0 aromatic heterocycles. The molecule has 0 amide bonds. The smallest absolute Gasteiger partial charge is 0.00979 e. The molecule has 2 saturated carbocycles. The zero-order valence-corrected chi connectivity index (χ0v) is 9.92. The number of rotatable bonds is 2. The molecule has 0 aliphatic heterocycles. The van der Waals surface area contributed by atoms with Crippen molar-refractivity contribution in [3.05, 3.63) is 0 Å². The lowest BCUT2D eigenvalue weighted by molar-refractivity contribution is 0.149. The van der Waals surface area contributed by atoms with E-state index in [0.29, 0.717) is 0 Å². The minimum absolute atomic E-state index is 0.812. The first-order valence-electron chi connectivity index (χ1n) is 6.43. The molecule has 0 heterocycles. The molecule has 5 atom stereocenters. The molecule has 0 saturated heterocycles. The van der Waals surface area contributed by atoms with Crippen LogP contribution in [0.4, 0.5) is 0 Å². The predicted molar refractivity (Wildman–Crippen MR) is 61.3 cm³/mol. The molecule has 0 radical (unpaired) electrons. The van der Waals surface area contributed by atoms with Crippen LogP contribution in [-0.4, -0.2) is 12.1 Å². The fourth-order valence-electron chi connectivity index (χ4n) is 2.95. The van der Waals surface area contributed by atoms with Gasteiger partial charge >= 0.3 is 0 Å². The highest BCUT2D eigenvalue weighted by atomic mass is 15.0. The molecule has 5 unspecified atom stereocenters. The Morgan fingerprint density at radius 3 is 2.00 bits per heavy atom. The van der Waals surface area contributed by atoms with E-state index in [1.807, 2.05) is 0 Å². The van der Waals surface area contributed by atoms with Crippen LogP contribution in [0.2, 0.25) is 0 Å². The van der Waals surface area contributed by atoms with Crippen LogP contribution >= 0.6 is 0 Å². The molecular weight excluding hydrogens is 170 g/mol. The van der Waals surface area contributed by atoms with Crippen molar-refractivity contribution >= 4 is 0 Å². The normalized spacial score (nSPS) is 48.6. The van der Waals surface area contributed by atoms with Gasteiger partial charge in [-0.05, 0) is 43.4 Å². The van der Waals surface area contributed by atoms with Crippen LogP contribution in [0.15, 0.2) is 0 Å². The maximum atomic E-state index is 3.89. The summed E-state index contributed by atoms with van der Waals surface area (Å²) in [6.45, 7) is 7.22. The molecule has 2 aliphatic rings. The maximum absolute atomic E-state index is 3.89. The van der Waals surface area contributed by atoms with Crippen molar-refractivity contribution in [2.24, 2.45) is 17.8 Å². The summed E-state index contributed by atoms with van der Waals surface area (Å²) >= 11 is 0. The Hall–Kier alpha value is -0.0400. The third-order valence-electron chi connectivity index (χ3n) is 4.51. The average molecular weight is 195 g/mol. The van der Waals surface area contributed by atoms with E-state index in [9.17, 15) is 0 Å². The van der Waals surface area contributed by atoms with Gasteiger partial charge in [-0.25, -0.2) is 0 Å². The number of hydrogen-bond acceptors (Lipinski definition) is 1. The third-order valence-corrected chi connectivity index (χ3v) is 4.51. The van der Waals surface area contributed by atoms with Crippen molar-refractivity contribution in [2.75, 3.05) is 0 Å². The monoisotopic (exact) mass is 195 g/mol. The first-order valence-corrected chi connectivity index (χ1v) is 6.43. The molecular formula is C13H25N. The van der Waals surface area contributed by atoms with Crippen molar-refractivity contribution in [3.63, 3.8) is 0 Å². The summed E-state index contributed by atoms with van der Waals surface area (Å²) in [5, 5.41) is 3.89. The van der Waals surface area contributed by atoms with Crippen molar-refractivity contribution < 1.29 is 0 Å². The zero-order chi connectivity index (χ0) is 10.1. The summed E-state index contributed by atoms with van der Waals surface area (Å²) in [6.07, 6.45) is 7.14. The molecule has 2 aliphatic carbocycles. The highest BCUT2D eigenvalue weighted by Gasteiger charge is 2.32. The summed E-state index contributed by atoms with van der Waals surface area (Å²) in [6, 6.07) is 1.65. The van der Waals surface area contributed by atoms with Gasteiger partial charge in [-0.3, -0.25) is 0 Å². The Balaban J connectivity index is 1.82. The van der Waals surface area contributed by atoms with Gasteiger partial charge in [0.15, 0.2) is 0 Å². The van der Waals surface area contributed by atoms with Gasteiger partial charge in [-0.1, -0.05) is 27.2 Å². The number of hydrogen-bond donors (Lipinski definition) is 1. The van der Waals surface area contributed by atoms with Gasteiger partial charge in [-0.2, -0.15) is 0 Å². The first-order chi connectivity index (χ1) is 6.66. The minimum atomic E-state index is 0.812. The van der Waals surface area contributed by atoms with Gasteiger partial charge in [0.1, 0.15) is 0 Å². The van der Waals surface area contributed by atoms with E-state index in [4.69, 9.17) is 0 Å². The van der Waals surface area contributed by atoms with Crippen LogP contribution in [0.5, 0.6) is 0 Å². The van der Waals surface area contributed by atoms with E-state index in [1.165, 1.54) is 32.1 Å². The summed E-state index contributed by atoms with van der Waals surface area (Å²) in [7, 11) is 0. The standard InChI is InChI=1S/C13H25N/c1-9-4-5-11(3)13(8-9)14-12-7-6-10(12)2/h9-14H,4-8H2,1-3H3. The highest BCUT2D eigenvalue weighted by molar-refractivity contribution is 4.90. The molecule has 0 bridgehead atoms. The summed E-state index contributed by atoms with van der Waals surface area (Å²) in [5.74, 6) is 2.78. The van der Waals surface area contributed by atoms with E-state index in [1.54, 1.807) is 0 Å². The Bertz CT molecular complexity index is 190. The summed E-state index contributed by atoms with van der Waals surface area (Å²) < 4.78 is 0. The predicted octanol–water partition coefficient (Wildman–Crippen LogP) is 3.20. The Kier molecular flexibility index (Phi) is 3.16. The van der Waals surface area contributed by atoms with E-state index in [-0.39, 0.29) is 0 Å². The van der Waals surface area contributed by atoms with Crippen molar-refractivity contribution in [1.82, 2.24) is 5.32 Å². The van der Waals surface area contributed by atoms with Gasteiger partial charge in [0.2, 0.25) is 0 Å². The van der Waals surface area contributed by atoms with Gasteiger partial charge in [-0.15, -0.1) is 0 Å². The van der Waals surface area contributed by atoms with Gasteiger partial charge in [0.25, 0.3) is 0 Å². The zero-order valence-electron chi connectivity index (χ0n) is 9.92. The van der Waals surface area contributed by atoms with Crippen molar-refractivity contribution in [2.45, 2.75) is 65.0 Å². The van der Waals surface area contributed by atoms with E-state index in [2.05, 4.69) is 26.1 Å². The van der Waals surface area contributed by atoms with Crippen molar-refractivity contribution in [3.8, 4) is 0 Å². The fraction of sp³-hybridized carbons (Fsp3) is 1.00. The van der Waals surface area contributed by atoms with Crippen LogP contribution in [0.3, 0.4) is 0 Å². The number of nitrogens with one attached hydrogen (secondary N) is 1. The topological polar surface area (TPSA) is 12.0 Å². The Labute approximate surface area is 88.7 Å². The van der Waals surface area contributed by atoms with E-state index >= 15 is 0 Å². The SMILES string of the molecule is CC1CCC(C)C(NC2CCC2C)C1. The fourth-order valence-corrected chi connectivity index (χ4v) is 2.95. The minimum Gasteiger partial charge on any atom is -0.311 e. The van der Waals surface area contributed by atoms with Crippen molar-refractivity contribution in [1.29, 1.82) is 0 Å². The van der Waals surface area contributed by atoms with Gasteiger partial charge in [0, 0.05) is 12.1 Å². The average Bonchev–Trinajstić information content (AvgIpc) is 2.17. The summed E-state index contributed by atoms with van der Waals surface area (Å²) in [4.78, 5) is 0. The van der Waals surface area contributed by atoms with Gasteiger partial charge < -0.3 is 5.32 Å². The Morgan fingerprint density at radius 1 is 0.786 bits per heavy atom. The molecule has 1 N–H and O–H groups in total. The highest BCUT2D eigenvalue weighted by Crippen LogP contribution is 2.32. The molecule has 1 heteroatoms.